The van der Waals surface area contributed by atoms with Crippen LogP contribution in [0.4, 0.5) is 5.13 Å². The van der Waals surface area contributed by atoms with E-state index in [0.717, 1.165) is 15.8 Å². The standard InChI is InChI=1S/C22H23N5O3S3/c1-4-27-19(13-33(29,30)16-8-6-5-7-9-16)25-26-22(27)31-15(3)20(28)24-21-23-17-11-10-14(2)12-18(17)32-21/h5-12,15H,4,13H2,1-3H3,(H,23,24,28). The number of benzene rings is 2. The van der Waals surface area contributed by atoms with Crippen LogP contribution in [0.15, 0.2) is 58.6 Å². The fourth-order valence-electron chi connectivity index (χ4n) is 3.22. The van der Waals surface area contributed by atoms with Crippen molar-refractivity contribution in [3.63, 3.8) is 0 Å². The Balaban J connectivity index is 1.46. The van der Waals surface area contributed by atoms with Crippen LogP contribution in [0.3, 0.4) is 0 Å². The number of carbonyl (C=O) groups is 1. The van der Waals surface area contributed by atoms with Crippen LogP contribution in [0.25, 0.3) is 10.2 Å². The Bertz CT molecular complexity index is 1400. The Hall–Kier alpha value is -2.76. The van der Waals surface area contributed by atoms with E-state index < -0.39 is 15.1 Å². The molecule has 8 nitrogen and oxygen atoms in total. The van der Waals surface area contributed by atoms with E-state index in [-0.39, 0.29) is 16.6 Å². The van der Waals surface area contributed by atoms with Gasteiger partial charge in [0.05, 0.1) is 20.4 Å². The lowest BCUT2D eigenvalue weighted by molar-refractivity contribution is -0.115. The molecule has 1 unspecified atom stereocenters. The predicted octanol–water partition coefficient (Wildman–Crippen LogP) is 4.31. The van der Waals surface area contributed by atoms with Crippen molar-refractivity contribution in [1.82, 2.24) is 19.7 Å². The van der Waals surface area contributed by atoms with Crippen molar-refractivity contribution in [2.45, 2.75) is 48.4 Å². The van der Waals surface area contributed by atoms with Crippen molar-refractivity contribution in [1.29, 1.82) is 0 Å². The van der Waals surface area contributed by atoms with Crippen LogP contribution in [0, 0.1) is 6.92 Å². The fourth-order valence-corrected chi connectivity index (χ4v) is 6.41. The highest BCUT2D eigenvalue weighted by Gasteiger charge is 2.24. The number of sulfone groups is 1. The Morgan fingerprint density at radius 2 is 1.94 bits per heavy atom. The number of thiazole rings is 1. The third-order valence-corrected chi connectivity index (χ3v) is 8.60. The second-order valence-electron chi connectivity index (χ2n) is 7.45. The Kier molecular flexibility index (Phi) is 6.82. The second kappa shape index (κ2) is 9.62. The fraction of sp³-hybridized carbons (Fsp3) is 0.273. The van der Waals surface area contributed by atoms with Crippen LogP contribution >= 0.6 is 23.1 Å². The summed E-state index contributed by atoms with van der Waals surface area (Å²) in [6.45, 7) is 6.16. The molecule has 11 heteroatoms. The van der Waals surface area contributed by atoms with E-state index in [1.165, 1.54) is 23.1 Å². The zero-order chi connectivity index (χ0) is 23.6. The molecular weight excluding hydrogens is 478 g/mol. The topological polar surface area (TPSA) is 107 Å². The minimum absolute atomic E-state index is 0.208. The molecule has 0 aliphatic carbocycles. The van der Waals surface area contributed by atoms with E-state index in [0.29, 0.717) is 22.7 Å². The summed E-state index contributed by atoms with van der Waals surface area (Å²) in [5, 5.41) is 11.7. The molecule has 0 saturated heterocycles. The normalized spacial score (nSPS) is 12.7. The van der Waals surface area contributed by atoms with E-state index in [9.17, 15) is 13.2 Å². The number of nitrogens with one attached hydrogen (secondary N) is 1. The second-order valence-corrected chi connectivity index (χ2v) is 11.8. The monoisotopic (exact) mass is 501 g/mol. The van der Waals surface area contributed by atoms with Crippen molar-refractivity contribution in [3.05, 3.63) is 59.9 Å². The van der Waals surface area contributed by atoms with Crippen LogP contribution in [0.5, 0.6) is 0 Å². The summed E-state index contributed by atoms with van der Waals surface area (Å²) in [6.07, 6.45) is 0. The number of aromatic nitrogens is 4. The van der Waals surface area contributed by atoms with Gasteiger partial charge >= 0.3 is 0 Å². The SMILES string of the molecule is CCn1c(CS(=O)(=O)c2ccccc2)nnc1SC(C)C(=O)Nc1nc2ccc(C)cc2s1. The largest absolute Gasteiger partial charge is 0.305 e. The van der Waals surface area contributed by atoms with Crippen molar-refractivity contribution < 1.29 is 13.2 Å². The molecule has 0 fully saturated rings. The summed E-state index contributed by atoms with van der Waals surface area (Å²) < 4.78 is 28.2. The third-order valence-electron chi connectivity index (χ3n) is 4.96. The van der Waals surface area contributed by atoms with Gasteiger partial charge in [-0.25, -0.2) is 13.4 Å². The number of carbonyl (C=O) groups excluding carboxylic acids is 1. The summed E-state index contributed by atoms with van der Waals surface area (Å²) >= 11 is 2.66. The Morgan fingerprint density at radius 3 is 2.67 bits per heavy atom. The van der Waals surface area contributed by atoms with Gasteiger partial charge in [-0.3, -0.25) is 4.79 Å². The molecular formula is C22H23N5O3S3. The quantitative estimate of drug-likeness (QED) is 0.359. The average Bonchev–Trinajstić information content (AvgIpc) is 3.36. The lowest BCUT2D eigenvalue weighted by Crippen LogP contribution is -2.23. The third kappa shape index (κ3) is 5.26. The van der Waals surface area contributed by atoms with Crippen LogP contribution in [0.1, 0.15) is 25.2 Å². The van der Waals surface area contributed by atoms with Crippen molar-refractivity contribution in [2.24, 2.45) is 0 Å². The zero-order valence-corrected chi connectivity index (χ0v) is 20.8. The highest BCUT2D eigenvalue weighted by atomic mass is 32.2. The molecule has 0 spiro atoms. The Labute approximate surface area is 200 Å². The molecule has 0 aliphatic heterocycles. The van der Waals surface area contributed by atoms with Gasteiger partial charge in [0.15, 0.2) is 20.1 Å². The number of anilines is 1. The molecule has 0 radical (unpaired) electrons. The molecule has 4 aromatic rings. The number of fused-ring (bicyclic) bond motifs is 1. The van der Waals surface area contributed by atoms with Gasteiger partial charge in [-0.2, -0.15) is 0 Å². The molecule has 4 rings (SSSR count). The van der Waals surface area contributed by atoms with Gasteiger partial charge in [-0.05, 0) is 50.6 Å². The minimum atomic E-state index is -3.55. The lowest BCUT2D eigenvalue weighted by atomic mass is 10.2. The Morgan fingerprint density at radius 1 is 1.18 bits per heavy atom. The molecule has 1 amide bonds. The first kappa shape index (κ1) is 23.4. The van der Waals surface area contributed by atoms with Gasteiger partial charge in [0, 0.05) is 6.54 Å². The van der Waals surface area contributed by atoms with Crippen LogP contribution < -0.4 is 5.32 Å². The van der Waals surface area contributed by atoms with E-state index >= 15 is 0 Å². The molecule has 1 N–H and O–H groups in total. The summed E-state index contributed by atoms with van der Waals surface area (Å²) in [4.78, 5) is 17.5. The molecule has 0 saturated carbocycles. The van der Waals surface area contributed by atoms with E-state index in [4.69, 9.17) is 0 Å². The van der Waals surface area contributed by atoms with Gasteiger partial charge in [0.1, 0.15) is 11.6 Å². The zero-order valence-electron chi connectivity index (χ0n) is 18.3. The summed E-state index contributed by atoms with van der Waals surface area (Å²) in [5.41, 5.74) is 1.98. The number of rotatable bonds is 8. The van der Waals surface area contributed by atoms with Crippen LogP contribution in [-0.4, -0.2) is 39.3 Å². The predicted molar refractivity (Wildman–Crippen MR) is 131 cm³/mol. The number of amides is 1. The van der Waals surface area contributed by atoms with Crippen molar-refractivity contribution in [3.8, 4) is 0 Å². The highest BCUT2D eigenvalue weighted by molar-refractivity contribution is 8.00. The molecule has 2 aromatic heterocycles. The first-order valence-electron chi connectivity index (χ1n) is 10.3. The van der Waals surface area contributed by atoms with Gasteiger partial charge in [0.25, 0.3) is 0 Å². The molecule has 172 valence electrons. The van der Waals surface area contributed by atoms with Crippen molar-refractivity contribution >= 4 is 54.2 Å². The maximum atomic E-state index is 12.8. The first-order valence-corrected chi connectivity index (χ1v) is 13.7. The molecule has 0 bridgehead atoms. The first-order chi connectivity index (χ1) is 15.8. The lowest BCUT2D eigenvalue weighted by Gasteiger charge is -2.12. The summed E-state index contributed by atoms with van der Waals surface area (Å²) in [6, 6.07) is 14.2. The maximum absolute atomic E-state index is 12.8. The van der Waals surface area contributed by atoms with Crippen LogP contribution in [0.2, 0.25) is 0 Å². The van der Waals surface area contributed by atoms with Gasteiger partial charge in [-0.15, -0.1) is 10.2 Å². The maximum Gasteiger partial charge on any atom is 0.239 e. The molecule has 2 aromatic carbocycles. The van der Waals surface area contributed by atoms with Gasteiger partial charge in [-0.1, -0.05) is 47.4 Å². The molecule has 0 aliphatic rings. The average molecular weight is 502 g/mol. The number of nitrogens with zero attached hydrogens (tertiary/aromatic N) is 4. The van der Waals surface area contributed by atoms with Gasteiger partial charge in [0.2, 0.25) is 5.91 Å². The highest BCUT2D eigenvalue weighted by Crippen LogP contribution is 2.29. The molecule has 33 heavy (non-hydrogen) atoms. The number of hydrogen-bond donors (Lipinski definition) is 1. The smallest absolute Gasteiger partial charge is 0.239 e. The number of aryl methyl sites for hydroxylation is 1. The van der Waals surface area contributed by atoms with E-state index in [1.807, 2.05) is 32.0 Å². The number of hydrogen-bond acceptors (Lipinski definition) is 8. The van der Waals surface area contributed by atoms with E-state index in [2.05, 4.69) is 20.5 Å². The van der Waals surface area contributed by atoms with E-state index in [1.54, 1.807) is 41.8 Å². The van der Waals surface area contributed by atoms with Crippen molar-refractivity contribution in [2.75, 3.05) is 5.32 Å². The molecule has 1 atom stereocenters. The van der Waals surface area contributed by atoms with Crippen LogP contribution in [-0.2, 0) is 26.9 Å². The minimum Gasteiger partial charge on any atom is -0.305 e. The summed E-state index contributed by atoms with van der Waals surface area (Å²) in [7, 11) is -3.55. The summed E-state index contributed by atoms with van der Waals surface area (Å²) in [5.74, 6) is -0.123. The van der Waals surface area contributed by atoms with Gasteiger partial charge < -0.3 is 9.88 Å². The number of thioether (sulfide) groups is 1. The molecule has 2 heterocycles.